The molecule has 0 saturated carbocycles. The van der Waals surface area contributed by atoms with Crippen LogP contribution in [0.25, 0.3) is 0 Å². The Balaban J connectivity index is 0.000000845. The number of halogens is 1. The van der Waals surface area contributed by atoms with Crippen LogP contribution >= 0.6 is 12.4 Å². The summed E-state index contributed by atoms with van der Waals surface area (Å²) in [5.74, 6) is 0.700. The summed E-state index contributed by atoms with van der Waals surface area (Å²) in [5, 5.41) is 3.35. The van der Waals surface area contributed by atoms with Crippen LogP contribution in [0, 0.1) is 0 Å². The zero-order valence-electron chi connectivity index (χ0n) is 7.49. The Hall–Kier alpha value is -0.730. The van der Waals surface area contributed by atoms with E-state index in [-0.39, 0.29) is 12.4 Å². The molecule has 0 aliphatic carbocycles. The van der Waals surface area contributed by atoms with Crippen LogP contribution in [-0.4, -0.2) is 13.1 Å². The van der Waals surface area contributed by atoms with Crippen LogP contribution in [0.1, 0.15) is 17.9 Å². The zero-order chi connectivity index (χ0) is 8.39. The lowest BCUT2D eigenvalue weighted by molar-refractivity contribution is 0.764. The largest absolute Gasteiger partial charge is 0.399 e. The molecule has 1 atom stereocenters. The highest BCUT2D eigenvalue weighted by Crippen LogP contribution is 2.22. The van der Waals surface area contributed by atoms with E-state index in [1.807, 2.05) is 12.1 Å². The molecule has 0 bridgehead atoms. The van der Waals surface area contributed by atoms with Gasteiger partial charge in [-0.05, 0) is 36.6 Å². The lowest BCUT2D eigenvalue weighted by Crippen LogP contribution is -2.07. The van der Waals surface area contributed by atoms with Crippen molar-refractivity contribution in [2.24, 2.45) is 0 Å². The van der Waals surface area contributed by atoms with E-state index in [1.165, 1.54) is 12.0 Å². The first-order chi connectivity index (χ1) is 5.86. The van der Waals surface area contributed by atoms with Gasteiger partial charge in [-0.1, -0.05) is 12.1 Å². The van der Waals surface area contributed by atoms with E-state index in [1.54, 1.807) is 0 Å². The first-order valence-electron chi connectivity index (χ1n) is 4.42. The van der Waals surface area contributed by atoms with Gasteiger partial charge in [-0.2, -0.15) is 0 Å². The summed E-state index contributed by atoms with van der Waals surface area (Å²) in [6.07, 6.45) is 1.25. The van der Waals surface area contributed by atoms with Gasteiger partial charge >= 0.3 is 0 Å². The van der Waals surface area contributed by atoms with Crippen molar-refractivity contribution in [1.82, 2.24) is 5.32 Å². The minimum Gasteiger partial charge on any atom is -0.399 e. The lowest BCUT2D eigenvalue weighted by Gasteiger charge is -2.07. The van der Waals surface area contributed by atoms with Crippen LogP contribution in [0.5, 0.6) is 0 Å². The predicted octanol–water partition coefficient (Wildman–Crippen LogP) is 1.77. The van der Waals surface area contributed by atoms with E-state index in [9.17, 15) is 0 Å². The van der Waals surface area contributed by atoms with Crippen molar-refractivity contribution < 1.29 is 0 Å². The van der Waals surface area contributed by atoms with Crippen molar-refractivity contribution >= 4 is 18.1 Å². The number of nitrogens with two attached hydrogens (primary N) is 1. The average Bonchev–Trinajstić information content (AvgIpc) is 2.58. The van der Waals surface area contributed by atoms with Crippen LogP contribution in [-0.2, 0) is 0 Å². The number of rotatable bonds is 1. The SMILES string of the molecule is Cl.Nc1ccc([C@@H]2CCNC2)cc1. The predicted molar refractivity (Wildman–Crippen MR) is 58.3 cm³/mol. The third-order valence-corrected chi connectivity index (χ3v) is 2.47. The molecular weight excluding hydrogens is 184 g/mol. The van der Waals surface area contributed by atoms with Gasteiger partial charge in [-0.25, -0.2) is 0 Å². The fourth-order valence-electron chi connectivity index (χ4n) is 1.71. The van der Waals surface area contributed by atoms with Gasteiger partial charge in [0.2, 0.25) is 0 Å². The van der Waals surface area contributed by atoms with E-state index in [0.717, 1.165) is 18.8 Å². The van der Waals surface area contributed by atoms with Gasteiger partial charge in [-0.3, -0.25) is 0 Å². The van der Waals surface area contributed by atoms with Crippen molar-refractivity contribution in [2.75, 3.05) is 18.8 Å². The molecule has 1 aliphatic heterocycles. The maximum absolute atomic E-state index is 5.61. The number of hydrogen-bond donors (Lipinski definition) is 2. The molecule has 1 aromatic rings. The Labute approximate surface area is 84.9 Å². The monoisotopic (exact) mass is 198 g/mol. The Morgan fingerprint density at radius 3 is 2.46 bits per heavy atom. The summed E-state index contributed by atoms with van der Waals surface area (Å²) in [4.78, 5) is 0. The fourth-order valence-corrected chi connectivity index (χ4v) is 1.71. The molecule has 1 fully saturated rings. The summed E-state index contributed by atoms with van der Waals surface area (Å²) in [6.45, 7) is 2.26. The Morgan fingerprint density at radius 2 is 1.92 bits per heavy atom. The van der Waals surface area contributed by atoms with E-state index in [2.05, 4.69) is 17.4 Å². The van der Waals surface area contributed by atoms with Crippen LogP contribution in [0.3, 0.4) is 0 Å². The molecule has 2 nitrogen and oxygen atoms in total. The molecule has 0 spiro atoms. The summed E-state index contributed by atoms with van der Waals surface area (Å²) in [7, 11) is 0. The highest BCUT2D eigenvalue weighted by atomic mass is 35.5. The highest BCUT2D eigenvalue weighted by Gasteiger charge is 2.15. The molecule has 3 N–H and O–H groups in total. The molecule has 1 aromatic carbocycles. The van der Waals surface area contributed by atoms with Crippen LogP contribution in [0.15, 0.2) is 24.3 Å². The molecule has 0 aromatic heterocycles. The fraction of sp³-hybridized carbons (Fsp3) is 0.400. The van der Waals surface area contributed by atoms with E-state index in [0.29, 0.717) is 5.92 Å². The molecule has 0 unspecified atom stereocenters. The van der Waals surface area contributed by atoms with Gasteiger partial charge in [0, 0.05) is 12.2 Å². The maximum atomic E-state index is 5.61. The molecule has 13 heavy (non-hydrogen) atoms. The van der Waals surface area contributed by atoms with E-state index >= 15 is 0 Å². The maximum Gasteiger partial charge on any atom is 0.0314 e. The normalized spacial score (nSPS) is 21.1. The van der Waals surface area contributed by atoms with Crippen LogP contribution in [0.4, 0.5) is 5.69 Å². The van der Waals surface area contributed by atoms with Gasteiger partial charge in [0.05, 0.1) is 0 Å². The first kappa shape index (κ1) is 10.4. The van der Waals surface area contributed by atoms with Gasteiger partial charge in [0.25, 0.3) is 0 Å². The van der Waals surface area contributed by atoms with Crippen molar-refractivity contribution in [3.63, 3.8) is 0 Å². The topological polar surface area (TPSA) is 38.0 Å². The number of anilines is 1. The standard InChI is InChI=1S/C10H14N2.ClH/c11-10-3-1-8(2-4-10)9-5-6-12-7-9;/h1-4,9,12H,5-7,11H2;1H/t9-;/m1./s1. The minimum atomic E-state index is 0. The molecule has 1 heterocycles. The van der Waals surface area contributed by atoms with Gasteiger partial charge in [0.15, 0.2) is 0 Å². The molecule has 1 saturated heterocycles. The molecule has 0 amide bonds. The first-order valence-corrected chi connectivity index (χ1v) is 4.42. The summed E-state index contributed by atoms with van der Waals surface area (Å²) in [5.41, 5.74) is 7.87. The third-order valence-electron chi connectivity index (χ3n) is 2.47. The van der Waals surface area contributed by atoms with E-state index < -0.39 is 0 Å². The molecule has 2 rings (SSSR count). The third kappa shape index (κ3) is 2.36. The Bertz CT molecular complexity index is 252. The molecule has 72 valence electrons. The summed E-state index contributed by atoms with van der Waals surface area (Å²) < 4.78 is 0. The number of hydrogen-bond acceptors (Lipinski definition) is 2. The number of nitrogens with one attached hydrogen (secondary N) is 1. The quantitative estimate of drug-likeness (QED) is 0.675. The second kappa shape index (κ2) is 4.49. The van der Waals surface area contributed by atoms with Crippen molar-refractivity contribution in [3.8, 4) is 0 Å². The van der Waals surface area contributed by atoms with Gasteiger partial charge < -0.3 is 11.1 Å². The second-order valence-corrected chi connectivity index (χ2v) is 3.36. The van der Waals surface area contributed by atoms with Crippen molar-refractivity contribution in [1.29, 1.82) is 0 Å². The van der Waals surface area contributed by atoms with Gasteiger partial charge in [-0.15, -0.1) is 12.4 Å². The summed E-state index contributed by atoms with van der Waals surface area (Å²) in [6, 6.07) is 8.22. The smallest absolute Gasteiger partial charge is 0.0314 e. The van der Waals surface area contributed by atoms with Crippen LogP contribution in [0.2, 0.25) is 0 Å². The Kier molecular flexibility index (Phi) is 3.58. The zero-order valence-corrected chi connectivity index (χ0v) is 8.31. The molecular formula is C10H15ClN2. The van der Waals surface area contributed by atoms with E-state index in [4.69, 9.17) is 5.73 Å². The number of nitrogen functional groups attached to an aromatic ring is 1. The molecule has 1 aliphatic rings. The summed E-state index contributed by atoms with van der Waals surface area (Å²) >= 11 is 0. The van der Waals surface area contributed by atoms with Crippen molar-refractivity contribution in [2.45, 2.75) is 12.3 Å². The average molecular weight is 199 g/mol. The van der Waals surface area contributed by atoms with Crippen molar-refractivity contribution in [3.05, 3.63) is 29.8 Å². The highest BCUT2D eigenvalue weighted by molar-refractivity contribution is 5.85. The second-order valence-electron chi connectivity index (χ2n) is 3.36. The van der Waals surface area contributed by atoms with Crippen LogP contribution < -0.4 is 11.1 Å². The molecule has 0 radical (unpaired) electrons. The Morgan fingerprint density at radius 1 is 1.23 bits per heavy atom. The lowest BCUT2D eigenvalue weighted by atomic mass is 9.98. The minimum absolute atomic E-state index is 0. The number of benzene rings is 1. The molecule has 3 heteroatoms. The van der Waals surface area contributed by atoms with Gasteiger partial charge in [0.1, 0.15) is 0 Å².